The van der Waals surface area contributed by atoms with Crippen LogP contribution < -0.4 is 5.32 Å². The fourth-order valence-electron chi connectivity index (χ4n) is 3.71. The zero-order valence-electron chi connectivity index (χ0n) is 19.6. The Kier molecular flexibility index (Phi) is 7.07. The SMILES string of the molecule is C[C@@H](COC1CCN(C2N=C3C=CN(OCC4CC4)C=C3O2)CC1)NC(=O)OC(C)(C)C. The van der Waals surface area contributed by atoms with E-state index in [2.05, 4.69) is 10.2 Å². The molecule has 2 atom stereocenters. The number of fused-ring (bicyclic) bond motifs is 1. The van der Waals surface area contributed by atoms with Gasteiger partial charge in [0, 0.05) is 19.3 Å². The van der Waals surface area contributed by atoms with Gasteiger partial charge in [0.15, 0.2) is 5.76 Å². The fraction of sp³-hybridized carbons (Fsp3) is 0.739. The Labute approximate surface area is 190 Å². The molecule has 0 bridgehead atoms. The molecule has 3 aliphatic heterocycles. The molecule has 0 radical (unpaired) electrons. The number of rotatable bonds is 8. The Bertz CT molecular complexity index is 763. The normalized spacial score (nSPS) is 25.0. The minimum atomic E-state index is -0.506. The molecule has 1 saturated heterocycles. The van der Waals surface area contributed by atoms with Crippen LogP contribution in [0, 0.1) is 5.92 Å². The maximum atomic E-state index is 11.9. The summed E-state index contributed by atoms with van der Waals surface area (Å²) >= 11 is 0. The van der Waals surface area contributed by atoms with Crippen LogP contribution in [0.4, 0.5) is 4.79 Å². The van der Waals surface area contributed by atoms with Crippen LogP contribution in [0.5, 0.6) is 0 Å². The number of nitrogens with one attached hydrogen (secondary N) is 1. The molecule has 178 valence electrons. The third-order valence-corrected chi connectivity index (χ3v) is 5.65. The molecule has 1 N–H and O–H groups in total. The lowest BCUT2D eigenvalue weighted by Gasteiger charge is -2.34. The van der Waals surface area contributed by atoms with Crippen molar-refractivity contribution < 1.29 is 23.8 Å². The summed E-state index contributed by atoms with van der Waals surface area (Å²) in [6.45, 7) is 10.4. The lowest BCUT2D eigenvalue weighted by molar-refractivity contribution is -0.0926. The first-order chi connectivity index (χ1) is 15.2. The molecule has 1 aliphatic carbocycles. The topological polar surface area (TPSA) is 84.9 Å². The first kappa shape index (κ1) is 23.1. The Morgan fingerprint density at radius 2 is 2.03 bits per heavy atom. The minimum absolute atomic E-state index is 0.112. The molecular weight excluding hydrogens is 412 g/mol. The second-order valence-corrected chi connectivity index (χ2v) is 9.98. The van der Waals surface area contributed by atoms with Crippen LogP contribution >= 0.6 is 0 Å². The van der Waals surface area contributed by atoms with Gasteiger partial charge < -0.3 is 19.5 Å². The van der Waals surface area contributed by atoms with Gasteiger partial charge in [-0.1, -0.05) is 0 Å². The average molecular weight is 449 g/mol. The summed E-state index contributed by atoms with van der Waals surface area (Å²) < 4.78 is 17.4. The molecule has 1 unspecified atom stereocenters. The van der Waals surface area contributed by atoms with Gasteiger partial charge in [-0.05, 0) is 65.4 Å². The first-order valence-corrected chi connectivity index (χ1v) is 11.7. The molecule has 0 spiro atoms. The van der Waals surface area contributed by atoms with Gasteiger partial charge in [-0.2, -0.15) is 0 Å². The number of carbonyl (C=O) groups is 1. The number of nitrogens with zero attached hydrogens (tertiary/aromatic N) is 3. The van der Waals surface area contributed by atoms with E-state index in [1.807, 2.05) is 46.2 Å². The van der Waals surface area contributed by atoms with E-state index in [-0.39, 0.29) is 18.5 Å². The number of hydrogen-bond acceptors (Lipinski definition) is 8. The molecule has 3 heterocycles. The van der Waals surface area contributed by atoms with E-state index in [4.69, 9.17) is 24.0 Å². The second-order valence-electron chi connectivity index (χ2n) is 9.98. The molecule has 32 heavy (non-hydrogen) atoms. The smallest absolute Gasteiger partial charge is 0.407 e. The predicted molar refractivity (Wildman–Crippen MR) is 119 cm³/mol. The van der Waals surface area contributed by atoms with Crippen molar-refractivity contribution in [2.24, 2.45) is 10.9 Å². The number of allylic oxidation sites excluding steroid dienone is 1. The van der Waals surface area contributed by atoms with Crippen molar-refractivity contribution in [2.45, 2.75) is 77.5 Å². The van der Waals surface area contributed by atoms with Gasteiger partial charge >= 0.3 is 6.09 Å². The lowest BCUT2D eigenvalue weighted by atomic mass is 10.1. The van der Waals surface area contributed by atoms with Crippen LogP contribution in [0.25, 0.3) is 0 Å². The highest BCUT2D eigenvalue weighted by atomic mass is 16.7. The van der Waals surface area contributed by atoms with E-state index in [1.54, 1.807) is 5.06 Å². The highest BCUT2D eigenvalue weighted by molar-refractivity contribution is 6.08. The van der Waals surface area contributed by atoms with Gasteiger partial charge in [0.05, 0.1) is 31.6 Å². The van der Waals surface area contributed by atoms with Gasteiger partial charge in [0.1, 0.15) is 11.3 Å². The van der Waals surface area contributed by atoms with Crippen LogP contribution in [-0.4, -0.2) is 72.2 Å². The number of ether oxygens (including phenoxy) is 3. The largest absolute Gasteiger partial charge is 0.451 e. The number of carbonyl (C=O) groups excluding carboxylic acids is 1. The fourth-order valence-corrected chi connectivity index (χ4v) is 3.71. The van der Waals surface area contributed by atoms with Crippen molar-refractivity contribution in [3.8, 4) is 0 Å². The maximum absolute atomic E-state index is 11.9. The number of likely N-dealkylation sites (tertiary alicyclic amines) is 1. The Morgan fingerprint density at radius 1 is 1.28 bits per heavy atom. The predicted octanol–water partition coefficient (Wildman–Crippen LogP) is 3.15. The summed E-state index contributed by atoms with van der Waals surface area (Å²) in [7, 11) is 0. The first-order valence-electron chi connectivity index (χ1n) is 11.7. The molecule has 0 aromatic carbocycles. The molecule has 0 aromatic heterocycles. The number of hydrogen-bond donors (Lipinski definition) is 1. The van der Waals surface area contributed by atoms with Gasteiger partial charge in [0.2, 0.25) is 6.35 Å². The van der Waals surface area contributed by atoms with Crippen molar-refractivity contribution in [3.05, 3.63) is 24.2 Å². The third kappa shape index (κ3) is 6.70. The summed E-state index contributed by atoms with van der Waals surface area (Å²) in [6.07, 6.45) is 9.48. The van der Waals surface area contributed by atoms with E-state index in [9.17, 15) is 4.79 Å². The standard InChI is InChI=1S/C23H36N4O5/c1-16(24-22(28)32-23(2,3)4)14-29-18-7-10-26(11-8-18)21-25-19-9-12-27(13-20(19)31-21)30-15-17-5-6-17/h9,12-13,16-18,21H,5-8,10-11,14-15H2,1-4H3,(H,24,28)/t16-,21?/m0/s1. The number of hydroxylamine groups is 2. The molecule has 1 saturated carbocycles. The van der Waals surface area contributed by atoms with E-state index >= 15 is 0 Å². The molecule has 0 aromatic rings. The number of amides is 1. The summed E-state index contributed by atoms with van der Waals surface area (Å²) in [4.78, 5) is 24.6. The molecule has 4 rings (SSSR count). The van der Waals surface area contributed by atoms with Crippen LogP contribution in [0.2, 0.25) is 0 Å². The van der Waals surface area contributed by atoms with Crippen molar-refractivity contribution in [3.63, 3.8) is 0 Å². The van der Waals surface area contributed by atoms with E-state index in [1.165, 1.54) is 12.8 Å². The zero-order chi connectivity index (χ0) is 22.7. The van der Waals surface area contributed by atoms with Crippen LogP contribution in [0.3, 0.4) is 0 Å². The Balaban J connectivity index is 1.15. The van der Waals surface area contributed by atoms with Crippen molar-refractivity contribution in [1.82, 2.24) is 15.3 Å². The molecule has 9 heteroatoms. The quantitative estimate of drug-likeness (QED) is 0.611. The van der Waals surface area contributed by atoms with Gasteiger partial charge in [0.25, 0.3) is 0 Å². The molecule has 2 fully saturated rings. The van der Waals surface area contributed by atoms with Crippen molar-refractivity contribution in [2.75, 3.05) is 26.3 Å². The molecule has 1 amide bonds. The number of piperidine rings is 1. The van der Waals surface area contributed by atoms with E-state index in [0.29, 0.717) is 12.5 Å². The van der Waals surface area contributed by atoms with Crippen LogP contribution in [0.15, 0.2) is 29.2 Å². The Hall–Kier alpha value is -2.10. The second kappa shape index (κ2) is 9.80. The molecule has 4 aliphatic rings. The monoisotopic (exact) mass is 448 g/mol. The summed E-state index contributed by atoms with van der Waals surface area (Å²) in [6, 6.07) is -0.112. The van der Waals surface area contributed by atoms with Crippen LogP contribution in [0.1, 0.15) is 53.4 Å². The molecule has 9 nitrogen and oxygen atoms in total. The highest BCUT2D eigenvalue weighted by Gasteiger charge is 2.33. The Morgan fingerprint density at radius 3 is 2.72 bits per heavy atom. The minimum Gasteiger partial charge on any atom is -0.451 e. The summed E-state index contributed by atoms with van der Waals surface area (Å²) in [5.74, 6) is 1.46. The number of aliphatic imine (C=N–C) groups is 1. The van der Waals surface area contributed by atoms with Gasteiger partial charge in [-0.25, -0.2) is 19.8 Å². The van der Waals surface area contributed by atoms with Gasteiger partial charge in [-0.15, -0.1) is 0 Å². The highest BCUT2D eigenvalue weighted by Crippen LogP contribution is 2.30. The summed E-state index contributed by atoms with van der Waals surface area (Å²) in [5, 5.41) is 4.54. The van der Waals surface area contributed by atoms with E-state index in [0.717, 1.165) is 44.0 Å². The lowest BCUT2D eigenvalue weighted by Crippen LogP contribution is -2.44. The van der Waals surface area contributed by atoms with Crippen molar-refractivity contribution >= 4 is 11.8 Å². The third-order valence-electron chi connectivity index (χ3n) is 5.65. The zero-order valence-corrected chi connectivity index (χ0v) is 19.6. The summed E-state index contributed by atoms with van der Waals surface area (Å²) in [5.41, 5.74) is 0.357. The van der Waals surface area contributed by atoms with E-state index < -0.39 is 11.7 Å². The average Bonchev–Trinajstić information content (AvgIpc) is 3.46. The van der Waals surface area contributed by atoms with Crippen LogP contribution in [-0.2, 0) is 19.0 Å². The maximum Gasteiger partial charge on any atom is 0.407 e. The molecular formula is C23H36N4O5. The number of alkyl carbamates (subject to hydrolysis) is 1. The van der Waals surface area contributed by atoms with Gasteiger partial charge in [-0.3, -0.25) is 4.84 Å². The van der Waals surface area contributed by atoms with Crippen molar-refractivity contribution in [1.29, 1.82) is 0 Å².